The third-order valence-electron chi connectivity index (χ3n) is 3.72. The van der Waals surface area contributed by atoms with Gasteiger partial charge in [0.2, 0.25) is 5.75 Å². The van der Waals surface area contributed by atoms with Gasteiger partial charge < -0.3 is 25.0 Å². The fourth-order valence-electron chi connectivity index (χ4n) is 2.37. The number of ether oxygens (including phenoxy) is 2. The van der Waals surface area contributed by atoms with Crippen molar-refractivity contribution in [3.63, 3.8) is 0 Å². The van der Waals surface area contributed by atoms with E-state index in [2.05, 4.69) is 15.3 Å². The van der Waals surface area contributed by atoms with Gasteiger partial charge in [0, 0.05) is 6.54 Å². The van der Waals surface area contributed by atoms with Crippen LogP contribution in [-0.2, 0) is 6.54 Å². The molecule has 1 aromatic carbocycles. The highest BCUT2D eigenvalue weighted by Gasteiger charge is 2.20. The van der Waals surface area contributed by atoms with Gasteiger partial charge in [-0.1, -0.05) is 12.1 Å². The lowest BCUT2D eigenvalue weighted by Gasteiger charge is -2.11. The number of carbonyl (C=O) groups is 1. The maximum Gasteiger partial charge on any atom is 0.274 e. The van der Waals surface area contributed by atoms with Gasteiger partial charge >= 0.3 is 0 Å². The van der Waals surface area contributed by atoms with E-state index in [0.29, 0.717) is 16.4 Å². The number of amides is 1. The van der Waals surface area contributed by atoms with Crippen molar-refractivity contribution >= 4 is 17.2 Å². The Hall–Kier alpha value is -3.33. The summed E-state index contributed by atoms with van der Waals surface area (Å²) in [7, 11) is 3.06. The molecule has 0 aliphatic carbocycles. The van der Waals surface area contributed by atoms with Crippen LogP contribution in [0.2, 0.25) is 0 Å². The molecule has 8 nitrogen and oxygen atoms in total. The number of nitrogens with one attached hydrogen (secondary N) is 1. The molecule has 9 heteroatoms. The summed E-state index contributed by atoms with van der Waals surface area (Å²) < 4.78 is 10.4. The number of methoxy groups -OCH3 is 2. The predicted octanol–water partition coefficient (Wildman–Crippen LogP) is 2.56. The lowest BCUT2D eigenvalue weighted by Crippen LogP contribution is -2.24. The number of rotatable bonds is 6. The fraction of sp³-hybridized carbons (Fsp3) is 0.167. The number of benzene rings is 1. The topological polar surface area (TPSA) is 114 Å². The van der Waals surface area contributed by atoms with Gasteiger partial charge in [0.05, 0.1) is 19.1 Å². The Morgan fingerprint density at radius 2 is 1.93 bits per heavy atom. The number of aromatic hydroxyl groups is 2. The van der Waals surface area contributed by atoms with Crippen LogP contribution in [0.1, 0.15) is 16.1 Å². The second kappa shape index (κ2) is 7.92. The molecule has 0 aliphatic heterocycles. The van der Waals surface area contributed by atoms with E-state index in [1.54, 1.807) is 30.3 Å². The average Bonchev–Trinajstić information content (AvgIpc) is 3.22. The van der Waals surface area contributed by atoms with Crippen molar-refractivity contribution in [2.24, 2.45) is 0 Å². The summed E-state index contributed by atoms with van der Waals surface area (Å²) in [6.45, 7) is 0.164. The summed E-state index contributed by atoms with van der Waals surface area (Å²) in [5, 5.41) is 24.3. The number of hydrogen-bond acceptors (Lipinski definition) is 8. The number of nitrogens with zero attached hydrogens (tertiary/aromatic N) is 2. The van der Waals surface area contributed by atoms with E-state index in [1.807, 2.05) is 5.38 Å². The normalized spacial score (nSPS) is 10.4. The minimum atomic E-state index is -0.667. The maximum atomic E-state index is 12.5. The van der Waals surface area contributed by atoms with E-state index < -0.39 is 17.5 Å². The van der Waals surface area contributed by atoms with Crippen LogP contribution in [0.3, 0.4) is 0 Å². The molecular weight excluding hydrogens is 370 g/mol. The molecule has 0 bridgehead atoms. The van der Waals surface area contributed by atoms with Gasteiger partial charge in [0.1, 0.15) is 0 Å². The Labute approximate surface area is 159 Å². The zero-order chi connectivity index (χ0) is 19.4. The van der Waals surface area contributed by atoms with Crippen LogP contribution >= 0.6 is 11.3 Å². The Balaban J connectivity index is 1.80. The molecule has 0 aliphatic rings. The fourth-order valence-corrected chi connectivity index (χ4v) is 3.03. The summed E-state index contributed by atoms with van der Waals surface area (Å²) >= 11 is 1.35. The van der Waals surface area contributed by atoms with E-state index in [9.17, 15) is 15.0 Å². The Bertz CT molecular complexity index is 960. The summed E-state index contributed by atoms with van der Waals surface area (Å²) in [6.07, 6.45) is 0. The molecule has 0 radical (unpaired) electrons. The van der Waals surface area contributed by atoms with Crippen molar-refractivity contribution in [3.05, 3.63) is 47.0 Å². The van der Waals surface area contributed by atoms with E-state index in [4.69, 9.17) is 9.47 Å². The van der Waals surface area contributed by atoms with Gasteiger partial charge in [-0.05, 0) is 29.1 Å². The lowest BCUT2D eigenvalue weighted by molar-refractivity contribution is 0.0942. The molecule has 0 atom stereocenters. The van der Waals surface area contributed by atoms with Gasteiger partial charge in [-0.2, -0.15) is 4.98 Å². The summed E-state index contributed by atoms with van der Waals surface area (Å²) in [5.41, 5.74) is 0.462. The van der Waals surface area contributed by atoms with Gasteiger partial charge in [0.15, 0.2) is 23.0 Å². The minimum absolute atomic E-state index is 0.163. The third-order valence-corrected chi connectivity index (χ3v) is 4.59. The second-order valence-electron chi connectivity index (χ2n) is 5.42. The highest BCUT2D eigenvalue weighted by molar-refractivity contribution is 7.13. The Morgan fingerprint density at radius 1 is 1.15 bits per heavy atom. The summed E-state index contributed by atoms with van der Waals surface area (Å²) in [6, 6.07) is 8.78. The first-order valence-electron chi connectivity index (χ1n) is 7.86. The summed E-state index contributed by atoms with van der Waals surface area (Å²) in [4.78, 5) is 21.0. The smallest absolute Gasteiger partial charge is 0.274 e. The molecule has 2 aromatic heterocycles. The van der Waals surface area contributed by atoms with Crippen molar-refractivity contribution in [3.8, 4) is 33.8 Å². The predicted molar refractivity (Wildman–Crippen MR) is 99.4 cm³/mol. The molecule has 0 saturated carbocycles. The van der Waals surface area contributed by atoms with Crippen LogP contribution in [0, 0.1) is 0 Å². The first-order valence-corrected chi connectivity index (χ1v) is 8.74. The molecule has 3 aromatic rings. The van der Waals surface area contributed by atoms with Crippen LogP contribution in [0.15, 0.2) is 35.7 Å². The standard InChI is InChI=1S/C18H17N3O5S/c1-25-11-6-5-10(8-12(11)26-2)9-19-17(23)14-15(22)18(24)21-16(20-14)13-4-3-7-27-13/h3-8,22H,9H2,1-2H3,(H,19,23)(H,20,21,24). The van der Waals surface area contributed by atoms with E-state index in [-0.39, 0.29) is 18.1 Å². The molecule has 0 fully saturated rings. The van der Waals surface area contributed by atoms with Crippen LogP contribution < -0.4 is 14.8 Å². The molecule has 0 spiro atoms. The zero-order valence-electron chi connectivity index (χ0n) is 14.6. The highest BCUT2D eigenvalue weighted by atomic mass is 32.1. The number of thiophene rings is 1. The minimum Gasteiger partial charge on any atom is -0.501 e. The largest absolute Gasteiger partial charge is 0.501 e. The SMILES string of the molecule is COc1ccc(CNC(=O)c2nc(-c3cccs3)nc(O)c2O)cc1OC. The van der Waals surface area contributed by atoms with Gasteiger partial charge in [-0.3, -0.25) is 4.79 Å². The molecule has 140 valence electrons. The van der Waals surface area contributed by atoms with E-state index >= 15 is 0 Å². The van der Waals surface area contributed by atoms with Crippen molar-refractivity contribution in [2.75, 3.05) is 14.2 Å². The molecule has 1 amide bonds. The third kappa shape index (κ3) is 3.93. The van der Waals surface area contributed by atoms with Gasteiger partial charge in [0.25, 0.3) is 11.8 Å². The van der Waals surface area contributed by atoms with Crippen LogP contribution in [0.5, 0.6) is 23.1 Å². The Kier molecular flexibility index (Phi) is 5.41. The molecular formula is C18H17N3O5S. The first-order chi connectivity index (χ1) is 13.0. The van der Waals surface area contributed by atoms with Gasteiger partial charge in [-0.15, -0.1) is 11.3 Å². The molecule has 0 saturated heterocycles. The average molecular weight is 387 g/mol. The zero-order valence-corrected chi connectivity index (χ0v) is 15.4. The van der Waals surface area contributed by atoms with Gasteiger partial charge in [-0.25, -0.2) is 4.98 Å². The molecule has 2 heterocycles. The number of hydrogen-bond donors (Lipinski definition) is 3. The maximum absolute atomic E-state index is 12.5. The number of carbonyl (C=O) groups excluding carboxylic acids is 1. The van der Waals surface area contributed by atoms with Crippen LogP contribution in [0.25, 0.3) is 10.7 Å². The van der Waals surface area contributed by atoms with Crippen molar-refractivity contribution < 1.29 is 24.5 Å². The molecule has 3 rings (SSSR count). The van der Waals surface area contributed by atoms with E-state index in [0.717, 1.165) is 5.56 Å². The van der Waals surface area contributed by atoms with Crippen LogP contribution in [-0.4, -0.2) is 40.3 Å². The highest BCUT2D eigenvalue weighted by Crippen LogP contribution is 2.31. The van der Waals surface area contributed by atoms with Crippen molar-refractivity contribution in [1.29, 1.82) is 0 Å². The monoisotopic (exact) mass is 387 g/mol. The lowest BCUT2D eigenvalue weighted by atomic mass is 10.2. The molecule has 0 unspecified atom stereocenters. The van der Waals surface area contributed by atoms with Crippen LogP contribution in [0.4, 0.5) is 0 Å². The molecule has 27 heavy (non-hydrogen) atoms. The van der Waals surface area contributed by atoms with Crippen molar-refractivity contribution in [1.82, 2.24) is 15.3 Å². The first kappa shape index (κ1) is 18.5. The molecule has 3 N–H and O–H groups in total. The quantitative estimate of drug-likeness (QED) is 0.596. The van der Waals surface area contributed by atoms with Crippen molar-refractivity contribution in [2.45, 2.75) is 6.54 Å². The number of aromatic nitrogens is 2. The summed E-state index contributed by atoms with van der Waals surface area (Å²) in [5.74, 6) is -0.683. The second-order valence-corrected chi connectivity index (χ2v) is 6.37. The van der Waals surface area contributed by atoms with E-state index in [1.165, 1.54) is 25.6 Å². The Morgan fingerprint density at radius 3 is 2.59 bits per heavy atom.